The van der Waals surface area contributed by atoms with Gasteiger partial charge < -0.3 is 19.7 Å². The van der Waals surface area contributed by atoms with E-state index in [4.69, 9.17) is 31.3 Å². The highest BCUT2D eigenvalue weighted by molar-refractivity contribution is 6.32. The summed E-state index contributed by atoms with van der Waals surface area (Å²) in [6, 6.07) is 5.23. The van der Waals surface area contributed by atoms with E-state index in [0.29, 0.717) is 35.4 Å². The van der Waals surface area contributed by atoms with Gasteiger partial charge in [-0.15, -0.1) is 0 Å². The Kier molecular flexibility index (Phi) is 3.01. The molecule has 6 heteroatoms. The topological polar surface area (TPSA) is 70.5 Å². The van der Waals surface area contributed by atoms with Crippen molar-refractivity contribution < 1.29 is 14.0 Å². The first-order chi connectivity index (χ1) is 9.44. The molecule has 0 saturated carbocycles. The Morgan fingerprint density at radius 2 is 1.95 bits per heavy atom. The van der Waals surface area contributed by atoms with Gasteiger partial charge in [0.15, 0.2) is 11.5 Å². The van der Waals surface area contributed by atoms with Gasteiger partial charge in [-0.25, -0.2) is 0 Å². The predicted octanol–water partition coefficient (Wildman–Crippen LogP) is 3.37. The maximum atomic E-state index is 6.28. The zero-order valence-electron chi connectivity index (χ0n) is 11.3. The minimum absolute atomic E-state index is 0.0686. The normalized spacial score (nSPS) is 16.8. The number of nitrogens with two attached hydrogens (primary N) is 1. The van der Waals surface area contributed by atoms with Gasteiger partial charge in [-0.1, -0.05) is 30.6 Å². The van der Waals surface area contributed by atoms with Crippen molar-refractivity contribution in [1.29, 1.82) is 0 Å². The lowest BCUT2D eigenvalue weighted by Crippen LogP contribution is -2.26. The number of fused-ring (bicyclic) bond motifs is 1. The van der Waals surface area contributed by atoms with Crippen LogP contribution in [0.1, 0.15) is 13.8 Å². The summed E-state index contributed by atoms with van der Waals surface area (Å²) in [7, 11) is 0. The Morgan fingerprint density at radius 3 is 2.65 bits per heavy atom. The maximum absolute atomic E-state index is 6.28. The second kappa shape index (κ2) is 4.59. The number of ether oxygens (including phenoxy) is 2. The molecule has 1 aromatic heterocycles. The number of nitrogens with zero attached hydrogens (tertiary/aromatic N) is 1. The van der Waals surface area contributed by atoms with Crippen LogP contribution in [0.25, 0.3) is 11.3 Å². The molecule has 0 saturated heterocycles. The molecule has 2 aromatic rings. The van der Waals surface area contributed by atoms with Gasteiger partial charge >= 0.3 is 0 Å². The third kappa shape index (κ3) is 2.41. The van der Waals surface area contributed by atoms with E-state index in [-0.39, 0.29) is 11.3 Å². The molecule has 0 aliphatic carbocycles. The Balaban J connectivity index is 2.02. The average Bonchev–Trinajstić information content (AvgIpc) is 2.74. The van der Waals surface area contributed by atoms with Crippen LogP contribution in [-0.2, 0) is 0 Å². The fourth-order valence-corrected chi connectivity index (χ4v) is 2.24. The third-order valence-corrected chi connectivity index (χ3v) is 3.34. The third-order valence-electron chi connectivity index (χ3n) is 3.06. The summed E-state index contributed by atoms with van der Waals surface area (Å²) >= 11 is 6.28. The van der Waals surface area contributed by atoms with E-state index in [9.17, 15) is 0 Å². The van der Waals surface area contributed by atoms with Crippen LogP contribution in [0.15, 0.2) is 22.7 Å². The summed E-state index contributed by atoms with van der Waals surface area (Å²) < 4.78 is 16.5. The number of rotatable bonds is 1. The van der Waals surface area contributed by atoms with Crippen LogP contribution < -0.4 is 15.2 Å². The zero-order chi connectivity index (χ0) is 14.3. The molecule has 5 nitrogen and oxygen atoms in total. The molecule has 0 atom stereocenters. The number of benzene rings is 1. The summed E-state index contributed by atoms with van der Waals surface area (Å²) in [6.07, 6.45) is 0. The Bertz CT molecular complexity index is 652. The summed E-state index contributed by atoms with van der Waals surface area (Å²) in [6.45, 7) is 5.26. The highest BCUT2D eigenvalue weighted by atomic mass is 35.5. The second-order valence-electron chi connectivity index (χ2n) is 5.64. The van der Waals surface area contributed by atoms with Gasteiger partial charge in [0.25, 0.3) is 0 Å². The van der Waals surface area contributed by atoms with Crippen molar-refractivity contribution >= 4 is 17.5 Å². The quantitative estimate of drug-likeness (QED) is 0.873. The number of halogens is 1. The molecule has 20 heavy (non-hydrogen) atoms. The lowest BCUT2D eigenvalue weighted by molar-refractivity contribution is 0.140. The SMILES string of the molecule is CC1(C)COc2cc(-c3cc(N)on3)cc(Cl)c2OC1. The molecule has 0 fully saturated rings. The molecular weight excluding hydrogens is 280 g/mol. The maximum Gasteiger partial charge on any atom is 0.222 e. The molecule has 1 aliphatic rings. The summed E-state index contributed by atoms with van der Waals surface area (Å²) in [4.78, 5) is 0. The van der Waals surface area contributed by atoms with Gasteiger partial charge in [-0.05, 0) is 12.1 Å². The first-order valence-electron chi connectivity index (χ1n) is 6.26. The number of hydrogen-bond acceptors (Lipinski definition) is 5. The molecule has 0 bridgehead atoms. The Labute approximate surface area is 121 Å². The fraction of sp³-hybridized carbons (Fsp3) is 0.357. The lowest BCUT2D eigenvalue weighted by atomic mass is 9.97. The standard InChI is InChI=1S/C14H15ClN2O3/c1-14(2)6-18-11-4-8(10-5-12(16)20-17-10)3-9(15)13(11)19-7-14/h3-5H,6-7,16H2,1-2H3. The molecule has 1 aromatic carbocycles. The van der Waals surface area contributed by atoms with Gasteiger partial charge in [0.2, 0.25) is 5.88 Å². The highest BCUT2D eigenvalue weighted by Crippen LogP contribution is 2.42. The fourth-order valence-electron chi connectivity index (χ4n) is 1.97. The van der Waals surface area contributed by atoms with Crippen LogP contribution in [0.2, 0.25) is 5.02 Å². The number of nitrogen functional groups attached to an aromatic ring is 1. The van der Waals surface area contributed by atoms with E-state index in [1.54, 1.807) is 12.1 Å². The van der Waals surface area contributed by atoms with Gasteiger partial charge in [-0.3, -0.25) is 0 Å². The minimum atomic E-state index is -0.0686. The molecule has 3 rings (SSSR count). The Morgan fingerprint density at radius 1 is 1.20 bits per heavy atom. The van der Waals surface area contributed by atoms with Gasteiger partial charge in [-0.2, -0.15) is 0 Å². The first-order valence-corrected chi connectivity index (χ1v) is 6.64. The van der Waals surface area contributed by atoms with E-state index >= 15 is 0 Å². The largest absolute Gasteiger partial charge is 0.489 e. The van der Waals surface area contributed by atoms with E-state index in [0.717, 1.165) is 5.56 Å². The lowest BCUT2D eigenvalue weighted by Gasteiger charge is -2.19. The second-order valence-corrected chi connectivity index (χ2v) is 6.05. The smallest absolute Gasteiger partial charge is 0.222 e. The predicted molar refractivity (Wildman–Crippen MR) is 76.1 cm³/mol. The molecule has 106 valence electrons. The van der Waals surface area contributed by atoms with Crippen molar-refractivity contribution in [2.75, 3.05) is 18.9 Å². The van der Waals surface area contributed by atoms with Crippen LogP contribution in [0.3, 0.4) is 0 Å². The average molecular weight is 295 g/mol. The van der Waals surface area contributed by atoms with Crippen LogP contribution in [0.5, 0.6) is 11.5 Å². The van der Waals surface area contributed by atoms with Crippen molar-refractivity contribution in [2.24, 2.45) is 5.41 Å². The van der Waals surface area contributed by atoms with Gasteiger partial charge in [0, 0.05) is 17.0 Å². The number of hydrogen-bond donors (Lipinski definition) is 1. The van der Waals surface area contributed by atoms with Crippen LogP contribution in [0, 0.1) is 5.41 Å². The molecule has 1 aliphatic heterocycles. The number of aromatic nitrogens is 1. The van der Waals surface area contributed by atoms with E-state index in [2.05, 4.69) is 19.0 Å². The first kappa shape index (κ1) is 13.1. The van der Waals surface area contributed by atoms with E-state index in [1.165, 1.54) is 0 Å². The Hall–Kier alpha value is -1.88. The highest BCUT2D eigenvalue weighted by Gasteiger charge is 2.27. The van der Waals surface area contributed by atoms with E-state index in [1.807, 2.05) is 6.07 Å². The van der Waals surface area contributed by atoms with Crippen molar-refractivity contribution in [2.45, 2.75) is 13.8 Å². The van der Waals surface area contributed by atoms with Crippen LogP contribution >= 0.6 is 11.6 Å². The minimum Gasteiger partial charge on any atom is -0.489 e. The molecule has 2 heterocycles. The van der Waals surface area contributed by atoms with Crippen molar-refractivity contribution in [3.05, 3.63) is 23.2 Å². The summed E-state index contributed by atoms with van der Waals surface area (Å²) in [5, 5.41) is 4.36. The van der Waals surface area contributed by atoms with Gasteiger partial charge in [0.1, 0.15) is 5.69 Å². The monoisotopic (exact) mass is 294 g/mol. The van der Waals surface area contributed by atoms with Crippen molar-refractivity contribution in [3.8, 4) is 22.8 Å². The molecule has 0 unspecified atom stereocenters. The van der Waals surface area contributed by atoms with Crippen molar-refractivity contribution in [3.63, 3.8) is 0 Å². The molecule has 0 amide bonds. The summed E-state index contributed by atoms with van der Waals surface area (Å²) in [5.74, 6) is 1.43. The van der Waals surface area contributed by atoms with Crippen molar-refractivity contribution in [1.82, 2.24) is 5.16 Å². The molecular formula is C14H15ClN2O3. The zero-order valence-corrected chi connectivity index (χ0v) is 12.0. The summed E-state index contributed by atoms with van der Waals surface area (Å²) in [5.41, 5.74) is 6.85. The number of anilines is 1. The molecule has 2 N–H and O–H groups in total. The molecule has 0 radical (unpaired) electrons. The van der Waals surface area contributed by atoms with Gasteiger partial charge in [0.05, 0.1) is 18.2 Å². The van der Waals surface area contributed by atoms with Crippen LogP contribution in [0.4, 0.5) is 5.88 Å². The van der Waals surface area contributed by atoms with E-state index < -0.39 is 0 Å². The van der Waals surface area contributed by atoms with Crippen LogP contribution in [-0.4, -0.2) is 18.4 Å². The molecule has 0 spiro atoms.